The van der Waals surface area contributed by atoms with Gasteiger partial charge in [-0.25, -0.2) is 0 Å². The van der Waals surface area contributed by atoms with Crippen molar-refractivity contribution in [1.82, 2.24) is 9.13 Å². The second kappa shape index (κ2) is 17.4. The minimum Gasteiger partial charge on any atom is -0.358 e. The zero-order chi connectivity index (χ0) is 33.0. The van der Waals surface area contributed by atoms with Gasteiger partial charge in [-0.15, -0.1) is 13.2 Å². The Labute approximate surface area is 291 Å². The summed E-state index contributed by atoms with van der Waals surface area (Å²) in [6, 6.07) is 9.44. The number of imidazole rings is 1. The van der Waals surface area contributed by atoms with E-state index in [1.54, 1.807) is 0 Å². The molecule has 3 aromatic rings. The van der Waals surface area contributed by atoms with Gasteiger partial charge in [0.15, 0.2) is 16.6 Å². The molecule has 0 N–H and O–H groups in total. The molecule has 0 unspecified atom stereocenters. The minimum absolute atomic E-state index is 0. The summed E-state index contributed by atoms with van der Waals surface area (Å²) in [6.45, 7) is 39.0. The van der Waals surface area contributed by atoms with E-state index in [1.165, 1.54) is 44.8 Å². The number of rotatable bonds is 10. The number of aryl methyl sites for hydroxylation is 2. The fraction of sp³-hybridized carbons (Fsp3) is 0.462. The van der Waals surface area contributed by atoms with Crippen LogP contribution >= 0.6 is 0 Å². The van der Waals surface area contributed by atoms with E-state index in [0.29, 0.717) is 23.7 Å². The fourth-order valence-electron chi connectivity index (χ4n) is 5.43. The molecule has 0 saturated heterocycles. The molecule has 0 fully saturated rings. The molecule has 0 bridgehead atoms. The number of hydrogen-bond donors (Lipinski definition) is 0. The van der Waals surface area contributed by atoms with Crippen molar-refractivity contribution in [2.45, 2.75) is 119 Å². The van der Waals surface area contributed by atoms with Gasteiger partial charge >= 0.3 is 206 Å². The predicted molar refractivity (Wildman–Crippen MR) is 203 cm³/mol. The summed E-state index contributed by atoms with van der Waals surface area (Å²) >= 11 is 3.67. The maximum atomic E-state index is 5.97. The predicted octanol–water partition coefficient (Wildman–Crippen LogP) is 12.2. The molecular formula is C39H64N2OPdSi2-2. The van der Waals surface area contributed by atoms with Crippen molar-refractivity contribution in [1.29, 1.82) is 0 Å². The van der Waals surface area contributed by atoms with Crippen LogP contribution in [0.1, 0.15) is 112 Å². The zero-order valence-corrected chi connectivity index (χ0v) is 35.0. The average Bonchev–Trinajstić information content (AvgIpc) is 3.27. The fourth-order valence-corrected chi connectivity index (χ4v) is 12.1. The summed E-state index contributed by atoms with van der Waals surface area (Å²) in [5.41, 5.74) is 14.9. The molecule has 3 rings (SSSR count). The summed E-state index contributed by atoms with van der Waals surface area (Å²) < 4.78 is 11.8. The van der Waals surface area contributed by atoms with E-state index in [0.717, 1.165) is 3.89 Å². The van der Waals surface area contributed by atoms with Crippen molar-refractivity contribution in [3.05, 3.63) is 113 Å². The van der Waals surface area contributed by atoms with Crippen LogP contribution in [0.2, 0.25) is 26.2 Å². The molecule has 0 aliphatic rings. The van der Waals surface area contributed by atoms with Crippen molar-refractivity contribution in [3.63, 3.8) is 0 Å². The van der Waals surface area contributed by atoms with Crippen molar-refractivity contribution in [3.8, 4) is 11.4 Å². The van der Waals surface area contributed by atoms with E-state index in [1.807, 2.05) is 11.4 Å². The molecule has 0 saturated carbocycles. The number of nitrogens with zero attached hydrogens (tertiary/aromatic N) is 2. The third kappa shape index (κ3) is 10.9. The molecule has 6 heteroatoms. The van der Waals surface area contributed by atoms with E-state index in [4.69, 9.17) is 4.12 Å². The van der Waals surface area contributed by atoms with Gasteiger partial charge in [0.25, 0.3) is 0 Å². The van der Waals surface area contributed by atoms with Gasteiger partial charge in [0.1, 0.15) is 0 Å². The molecular weight excluding hydrogens is 675 g/mol. The topological polar surface area (TPSA) is 19.1 Å². The Morgan fingerprint density at radius 1 is 0.600 bits per heavy atom. The summed E-state index contributed by atoms with van der Waals surface area (Å²) in [4.78, 5) is 0. The van der Waals surface area contributed by atoms with Crippen LogP contribution in [0.15, 0.2) is 61.2 Å². The molecule has 2 aromatic carbocycles. The molecule has 3 nitrogen and oxygen atoms in total. The Kier molecular flexibility index (Phi) is 16.7. The minimum atomic E-state index is -1.58. The Morgan fingerprint density at radius 3 is 1.04 bits per heavy atom. The smallest absolute Gasteiger partial charge is 0.358 e. The first-order chi connectivity index (χ1) is 19.8. The molecule has 1 aromatic heterocycles. The van der Waals surface area contributed by atoms with Crippen LogP contribution in [-0.2, 0) is 22.9 Å². The quantitative estimate of drug-likeness (QED) is 0.150. The molecule has 0 aliphatic heterocycles. The maximum absolute atomic E-state index is 5.97. The van der Waals surface area contributed by atoms with Crippen LogP contribution in [0, 0.1) is 32.6 Å². The van der Waals surface area contributed by atoms with Gasteiger partial charge in [0, 0.05) is 0 Å². The average molecular weight is 740 g/mol. The molecule has 0 atom stereocenters. The van der Waals surface area contributed by atoms with Crippen molar-refractivity contribution >= 4 is 16.6 Å². The van der Waals surface area contributed by atoms with Crippen molar-refractivity contribution < 1.29 is 22.9 Å². The summed E-state index contributed by atoms with van der Waals surface area (Å²) in [5.74, 6) is 1.80. The second-order valence-electron chi connectivity index (χ2n) is 14.2. The van der Waals surface area contributed by atoms with Crippen molar-refractivity contribution in [2.75, 3.05) is 0 Å². The third-order valence-corrected chi connectivity index (χ3v) is 14.8. The summed E-state index contributed by atoms with van der Waals surface area (Å²) in [5, 5.41) is 0. The SMILES string of the molecule is C=C[Si](C)(C)O[Si](C)(C)C=C.Cc1cc(C(C)C)c(-n2ccn(-c3c(C(C)C)cc(C)cc3C(C)C)[c]2=[Pd])c(C(C)C)c1.[CH3-].[CH3-]. The number of hydrogen-bond acceptors (Lipinski definition) is 1. The molecule has 0 radical (unpaired) electrons. The standard InChI is InChI=1S/C29H40N2.C8H18OSi2.2CH3.Pd/c1-18(2)24-13-22(9)14-25(19(3)4)28(24)30-11-12-31(17-30)29-26(20(5)6)15-23(10)16-27(29)21(7)8;1-7-10(3,4)9-11(5,6)8-2;;;/h11-16,18-21H,1-10H3;7-8H,1-2H2,3-6H3;2*1H3;/q;;2*-1;. The number of aromatic nitrogens is 2. The first-order valence-electron chi connectivity index (χ1n) is 15.8. The van der Waals surface area contributed by atoms with Crippen LogP contribution in [0.25, 0.3) is 11.4 Å². The molecule has 256 valence electrons. The van der Waals surface area contributed by atoms with E-state index < -0.39 is 16.6 Å². The second-order valence-corrected chi connectivity index (χ2v) is 22.9. The normalized spacial score (nSPS) is 11.7. The first kappa shape index (κ1) is 43.2. The van der Waals surface area contributed by atoms with Gasteiger partial charge < -0.3 is 19.0 Å². The Balaban J connectivity index is 0.00000128. The third-order valence-electron chi connectivity index (χ3n) is 7.84. The molecule has 0 aliphatic carbocycles. The summed E-state index contributed by atoms with van der Waals surface area (Å²) in [7, 11) is -3.16. The largest absolute Gasteiger partial charge is 0.358 e. The Hall–Kier alpha value is -1.81. The van der Waals surface area contributed by atoms with Crippen LogP contribution in [0.4, 0.5) is 0 Å². The Morgan fingerprint density at radius 2 is 0.844 bits per heavy atom. The van der Waals surface area contributed by atoms with E-state index in [2.05, 4.69) is 173 Å². The summed E-state index contributed by atoms with van der Waals surface area (Å²) in [6.07, 6.45) is 4.46. The monoisotopic (exact) mass is 738 g/mol. The maximum Gasteiger partial charge on any atom is -0.358 e. The van der Waals surface area contributed by atoms with Gasteiger partial charge in [-0.2, -0.15) is 0 Å². The van der Waals surface area contributed by atoms with Gasteiger partial charge in [0.05, 0.1) is 0 Å². The van der Waals surface area contributed by atoms with Gasteiger partial charge in [-0.05, 0) is 26.2 Å². The molecule has 0 amide bonds. The van der Waals surface area contributed by atoms with Gasteiger partial charge in [-0.1, -0.05) is 11.4 Å². The number of benzene rings is 2. The first-order valence-corrected chi connectivity index (χ1v) is 22.5. The molecule has 0 spiro atoms. The molecule has 1 heterocycles. The van der Waals surface area contributed by atoms with Crippen LogP contribution < -0.4 is 0 Å². The van der Waals surface area contributed by atoms with Crippen LogP contribution in [0.5, 0.6) is 0 Å². The molecule has 45 heavy (non-hydrogen) atoms. The van der Waals surface area contributed by atoms with Gasteiger partial charge in [0.2, 0.25) is 0 Å². The van der Waals surface area contributed by atoms with E-state index in [-0.39, 0.29) is 14.9 Å². The zero-order valence-electron chi connectivity index (χ0n) is 31.5. The van der Waals surface area contributed by atoms with Crippen LogP contribution in [0.3, 0.4) is 0 Å². The van der Waals surface area contributed by atoms with Crippen molar-refractivity contribution in [2.24, 2.45) is 0 Å². The van der Waals surface area contributed by atoms with E-state index >= 15 is 0 Å². The van der Waals surface area contributed by atoms with Gasteiger partial charge in [-0.3, -0.25) is 0 Å². The van der Waals surface area contributed by atoms with Crippen LogP contribution in [-0.4, -0.2) is 25.8 Å². The van der Waals surface area contributed by atoms with E-state index in [9.17, 15) is 0 Å². The Bertz CT molecular complexity index is 1320.